The third kappa shape index (κ3) is 3.80. The van der Waals surface area contributed by atoms with Crippen LogP contribution in [0.15, 0.2) is 24.3 Å². The average Bonchev–Trinajstić information content (AvgIpc) is 2.43. The number of benzene rings is 1. The Hall–Kier alpha value is -1.35. The number of fused-ring (bicyclic) bond motifs is 1. The molecule has 1 aromatic carbocycles. The van der Waals surface area contributed by atoms with Crippen molar-refractivity contribution in [3.63, 3.8) is 0 Å². The number of unbranched alkanes of at least 4 members (excludes halogenated alkanes) is 1. The highest BCUT2D eigenvalue weighted by molar-refractivity contribution is 5.75. The number of aryl methyl sites for hydroxylation is 1. The number of carbonyl (C=O) groups excluding carboxylic acids is 1. The fourth-order valence-corrected chi connectivity index (χ4v) is 2.62. The van der Waals surface area contributed by atoms with E-state index in [1.165, 1.54) is 11.1 Å². The van der Waals surface area contributed by atoms with Crippen molar-refractivity contribution in [1.82, 2.24) is 5.32 Å². The van der Waals surface area contributed by atoms with E-state index in [-0.39, 0.29) is 5.91 Å². The SMILES string of the molecule is CCCCC(=O)NCC1(O)CCc2ccccc2C1. The monoisotopic (exact) mass is 261 g/mol. The van der Waals surface area contributed by atoms with Crippen LogP contribution in [0, 0.1) is 0 Å². The van der Waals surface area contributed by atoms with E-state index in [4.69, 9.17) is 0 Å². The topological polar surface area (TPSA) is 49.3 Å². The predicted octanol–water partition coefficient (Wildman–Crippen LogP) is 2.21. The van der Waals surface area contributed by atoms with Crippen molar-refractivity contribution in [2.75, 3.05) is 6.54 Å². The zero-order chi connectivity index (χ0) is 13.7. The minimum atomic E-state index is -0.782. The zero-order valence-corrected chi connectivity index (χ0v) is 11.6. The van der Waals surface area contributed by atoms with Crippen molar-refractivity contribution in [2.45, 2.75) is 51.0 Å². The molecule has 3 heteroatoms. The summed E-state index contributed by atoms with van der Waals surface area (Å²) >= 11 is 0. The fraction of sp³-hybridized carbons (Fsp3) is 0.562. The van der Waals surface area contributed by atoms with Crippen molar-refractivity contribution in [1.29, 1.82) is 0 Å². The second-order valence-electron chi connectivity index (χ2n) is 5.55. The van der Waals surface area contributed by atoms with Gasteiger partial charge in [0, 0.05) is 19.4 Å². The maximum atomic E-state index is 11.6. The Morgan fingerprint density at radius 2 is 2.11 bits per heavy atom. The van der Waals surface area contributed by atoms with Gasteiger partial charge in [-0.05, 0) is 30.4 Å². The number of hydrogen-bond acceptors (Lipinski definition) is 2. The summed E-state index contributed by atoms with van der Waals surface area (Å²) in [6.45, 7) is 2.43. The normalized spacial score (nSPS) is 21.8. The van der Waals surface area contributed by atoms with Crippen molar-refractivity contribution in [3.8, 4) is 0 Å². The van der Waals surface area contributed by atoms with E-state index in [2.05, 4.69) is 24.4 Å². The Bertz CT molecular complexity index is 444. The summed E-state index contributed by atoms with van der Waals surface area (Å²) in [7, 11) is 0. The van der Waals surface area contributed by atoms with Gasteiger partial charge in [0.15, 0.2) is 0 Å². The molecule has 2 rings (SSSR count). The molecule has 0 radical (unpaired) electrons. The van der Waals surface area contributed by atoms with E-state index in [0.717, 1.165) is 25.7 Å². The van der Waals surface area contributed by atoms with Crippen LogP contribution in [0.3, 0.4) is 0 Å². The minimum Gasteiger partial charge on any atom is -0.388 e. The lowest BCUT2D eigenvalue weighted by Gasteiger charge is -2.33. The number of carbonyl (C=O) groups is 1. The van der Waals surface area contributed by atoms with Crippen molar-refractivity contribution in [2.24, 2.45) is 0 Å². The molecule has 2 N–H and O–H groups in total. The Morgan fingerprint density at radius 3 is 2.84 bits per heavy atom. The Labute approximate surface area is 115 Å². The first-order chi connectivity index (χ1) is 9.13. The van der Waals surface area contributed by atoms with Gasteiger partial charge in [0.05, 0.1) is 5.60 Å². The molecule has 1 aliphatic carbocycles. The molecule has 1 unspecified atom stereocenters. The number of nitrogens with one attached hydrogen (secondary N) is 1. The number of rotatable bonds is 5. The molecule has 0 fully saturated rings. The van der Waals surface area contributed by atoms with E-state index in [9.17, 15) is 9.90 Å². The average molecular weight is 261 g/mol. The molecule has 3 nitrogen and oxygen atoms in total. The highest BCUT2D eigenvalue weighted by Crippen LogP contribution is 2.28. The molecule has 19 heavy (non-hydrogen) atoms. The van der Waals surface area contributed by atoms with Crippen LogP contribution < -0.4 is 5.32 Å². The minimum absolute atomic E-state index is 0.0501. The Kier molecular flexibility index (Phi) is 4.59. The largest absolute Gasteiger partial charge is 0.388 e. The number of hydrogen-bond donors (Lipinski definition) is 2. The summed E-state index contributed by atoms with van der Waals surface area (Å²) in [6.07, 6.45) is 4.73. The predicted molar refractivity (Wildman–Crippen MR) is 76.0 cm³/mol. The summed E-state index contributed by atoms with van der Waals surface area (Å²) < 4.78 is 0. The van der Waals surface area contributed by atoms with Gasteiger partial charge < -0.3 is 10.4 Å². The van der Waals surface area contributed by atoms with Crippen LogP contribution >= 0.6 is 0 Å². The van der Waals surface area contributed by atoms with E-state index in [1.54, 1.807) is 0 Å². The second kappa shape index (κ2) is 6.20. The molecule has 1 aliphatic rings. The first-order valence-corrected chi connectivity index (χ1v) is 7.19. The summed E-state index contributed by atoms with van der Waals surface area (Å²) in [5.41, 5.74) is 1.75. The smallest absolute Gasteiger partial charge is 0.220 e. The van der Waals surface area contributed by atoms with Gasteiger partial charge >= 0.3 is 0 Å². The van der Waals surface area contributed by atoms with Gasteiger partial charge in [-0.2, -0.15) is 0 Å². The fourth-order valence-electron chi connectivity index (χ4n) is 2.62. The summed E-state index contributed by atoms with van der Waals surface area (Å²) in [6, 6.07) is 8.23. The highest BCUT2D eigenvalue weighted by atomic mass is 16.3. The molecule has 1 atom stereocenters. The standard InChI is InChI=1S/C16H23NO2/c1-2-3-8-15(18)17-12-16(19)10-9-13-6-4-5-7-14(13)11-16/h4-7,19H,2-3,8-12H2,1H3,(H,17,18). The summed E-state index contributed by atoms with van der Waals surface area (Å²) in [5, 5.41) is 13.4. The van der Waals surface area contributed by atoms with Crippen molar-refractivity contribution < 1.29 is 9.90 Å². The van der Waals surface area contributed by atoms with E-state index in [1.807, 2.05) is 12.1 Å². The first kappa shape index (κ1) is 14.1. The highest BCUT2D eigenvalue weighted by Gasteiger charge is 2.32. The third-order valence-electron chi connectivity index (χ3n) is 3.87. The number of amides is 1. The molecule has 1 aromatic rings. The summed E-state index contributed by atoms with van der Waals surface area (Å²) in [5.74, 6) is 0.0501. The second-order valence-corrected chi connectivity index (χ2v) is 5.55. The van der Waals surface area contributed by atoms with E-state index < -0.39 is 5.60 Å². The van der Waals surface area contributed by atoms with Crippen LogP contribution in [-0.4, -0.2) is 23.2 Å². The molecule has 0 saturated carbocycles. The molecule has 1 amide bonds. The van der Waals surface area contributed by atoms with Crippen LogP contribution in [0.25, 0.3) is 0 Å². The first-order valence-electron chi connectivity index (χ1n) is 7.19. The third-order valence-corrected chi connectivity index (χ3v) is 3.87. The number of aliphatic hydroxyl groups is 1. The molecule has 0 saturated heterocycles. The summed E-state index contributed by atoms with van der Waals surface area (Å²) in [4.78, 5) is 11.6. The lowest BCUT2D eigenvalue weighted by atomic mass is 9.80. The maximum Gasteiger partial charge on any atom is 0.220 e. The van der Waals surface area contributed by atoms with Crippen molar-refractivity contribution >= 4 is 5.91 Å². The van der Waals surface area contributed by atoms with Gasteiger partial charge in [-0.3, -0.25) is 4.79 Å². The van der Waals surface area contributed by atoms with Gasteiger partial charge in [0.25, 0.3) is 0 Å². The van der Waals surface area contributed by atoms with E-state index in [0.29, 0.717) is 19.4 Å². The lowest BCUT2D eigenvalue weighted by molar-refractivity contribution is -0.122. The van der Waals surface area contributed by atoms with Gasteiger partial charge in [-0.1, -0.05) is 37.6 Å². The van der Waals surface area contributed by atoms with Crippen LogP contribution in [0.4, 0.5) is 0 Å². The molecule has 0 bridgehead atoms. The zero-order valence-electron chi connectivity index (χ0n) is 11.6. The lowest BCUT2D eigenvalue weighted by Crippen LogP contribution is -2.46. The molecule has 0 aliphatic heterocycles. The molecule has 104 valence electrons. The van der Waals surface area contributed by atoms with Crippen LogP contribution in [0.1, 0.15) is 43.7 Å². The van der Waals surface area contributed by atoms with Crippen LogP contribution in [-0.2, 0) is 17.6 Å². The maximum absolute atomic E-state index is 11.6. The molecular weight excluding hydrogens is 238 g/mol. The van der Waals surface area contributed by atoms with Gasteiger partial charge in [0.1, 0.15) is 0 Å². The Balaban J connectivity index is 1.89. The molecule has 0 aromatic heterocycles. The van der Waals surface area contributed by atoms with E-state index >= 15 is 0 Å². The van der Waals surface area contributed by atoms with Gasteiger partial charge in [-0.15, -0.1) is 0 Å². The van der Waals surface area contributed by atoms with Crippen molar-refractivity contribution in [3.05, 3.63) is 35.4 Å². The molecular formula is C16H23NO2. The molecule has 0 heterocycles. The van der Waals surface area contributed by atoms with Gasteiger partial charge in [-0.25, -0.2) is 0 Å². The Morgan fingerprint density at radius 1 is 1.37 bits per heavy atom. The van der Waals surface area contributed by atoms with Crippen LogP contribution in [0.2, 0.25) is 0 Å². The van der Waals surface area contributed by atoms with Gasteiger partial charge in [0.2, 0.25) is 5.91 Å². The quantitative estimate of drug-likeness (QED) is 0.854. The van der Waals surface area contributed by atoms with Crippen LogP contribution in [0.5, 0.6) is 0 Å². The molecule has 0 spiro atoms.